The van der Waals surface area contributed by atoms with Crippen LogP contribution in [0.2, 0.25) is 0 Å². The van der Waals surface area contributed by atoms with Gasteiger partial charge in [0.2, 0.25) is 5.88 Å². The SMILES string of the molecule is CCOC(=O)c1cc2cc(C3=CCCCc4cc(OC)ncc43)ccc2n1C(=O)OC(C)(C)C. The van der Waals surface area contributed by atoms with Crippen molar-refractivity contribution in [2.24, 2.45) is 0 Å². The van der Waals surface area contributed by atoms with Crippen molar-refractivity contribution < 1.29 is 23.8 Å². The fraction of sp³-hybridized carbons (Fsp3) is 0.370. The average molecular weight is 463 g/mol. The van der Waals surface area contributed by atoms with E-state index in [9.17, 15) is 9.59 Å². The Kier molecular flexibility index (Phi) is 6.46. The summed E-state index contributed by atoms with van der Waals surface area (Å²) < 4.78 is 17.4. The van der Waals surface area contributed by atoms with Gasteiger partial charge in [-0.15, -0.1) is 0 Å². The minimum absolute atomic E-state index is 0.143. The molecule has 2 heterocycles. The van der Waals surface area contributed by atoms with Crippen LogP contribution in [0.3, 0.4) is 0 Å². The molecule has 178 valence electrons. The number of aromatic nitrogens is 2. The fourth-order valence-electron chi connectivity index (χ4n) is 4.20. The van der Waals surface area contributed by atoms with Crippen LogP contribution in [-0.2, 0) is 15.9 Å². The van der Waals surface area contributed by atoms with Gasteiger partial charge in [-0.05, 0) is 81.9 Å². The van der Waals surface area contributed by atoms with E-state index in [2.05, 4.69) is 11.1 Å². The van der Waals surface area contributed by atoms with Gasteiger partial charge in [0.25, 0.3) is 0 Å². The van der Waals surface area contributed by atoms with E-state index >= 15 is 0 Å². The Morgan fingerprint density at radius 3 is 2.65 bits per heavy atom. The molecule has 0 N–H and O–H groups in total. The number of methoxy groups -OCH3 is 1. The zero-order chi connectivity index (χ0) is 24.5. The van der Waals surface area contributed by atoms with Crippen molar-refractivity contribution in [3.8, 4) is 5.88 Å². The van der Waals surface area contributed by atoms with Crippen LogP contribution >= 0.6 is 0 Å². The first-order chi connectivity index (χ1) is 16.2. The molecule has 0 atom stereocenters. The minimum atomic E-state index is -0.706. The molecular formula is C27H30N2O5. The minimum Gasteiger partial charge on any atom is -0.481 e. The van der Waals surface area contributed by atoms with Gasteiger partial charge in [-0.1, -0.05) is 12.1 Å². The zero-order valence-corrected chi connectivity index (χ0v) is 20.3. The van der Waals surface area contributed by atoms with E-state index in [-0.39, 0.29) is 12.3 Å². The molecule has 0 spiro atoms. The summed E-state index contributed by atoms with van der Waals surface area (Å²) in [7, 11) is 1.62. The maximum absolute atomic E-state index is 13.0. The number of aryl methyl sites for hydroxylation is 1. The Morgan fingerprint density at radius 1 is 1.15 bits per heavy atom. The summed E-state index contributed by atoms with van der Waals surface area (Å²) in [5.74, 6) is 0.0328. The number of hydrogen-bond donors (Lipinski definition) is 0. The predicted molar refractivity (Wildman–Crippen MR) is 130 cm³/mol. The first kappa shape index (κ1) is 23.5. The van der Waals surface area contributed by atoms with Crippen molar-refractivity contribution >= 4 is 28.5 Å². The molecule has 0 fully saturated rings. The largest absolute Gasteiger partial charge is 0.481 e. The Morgan fingerprint density at radius 2 is 1.94 bits per heavy atom. The van der Waals surface area contributed by atoms with Crippen LogP contribution in [-0.4, -0.2) is 40.9 Å². The first-order valence-corrected chi connectivity index (χ1v) is 11.5. The molecule has 7 nitrogen and oxygen atoms in total. The summed E-state index contributed by atoms with van der Waals surface area (Å²) in [5.41, 5.74) is 4.34. The van der Waals surface area contributed by atoms with Crippen LogP contribution in [0.25, 0.3) is 16.5 Å². The molecule has 2 aromatic heterocycles. The maximum Gasteiger partial charge on any atom is 0.419 e. The molecule has 0 bridgehead atoms. The van der Waals surface area contributed by atoms with Gasteiger partial charge in [-0.2, -0.15) is 0 Å². The lowest BCUT2D eigenvalue weighted by Gasteiger charge is -2.20. The molecule has 0 saturated heterocycles. The monoisotopic (exact) mass is 462 g/mol. The van der Waals surface area contributed by atoms with E-state index in [1.54, 1.807) is 40.9 Å². The summed E-state index contributed by atoms with van der Waals surface area (Å²) in [6.07, 6.45) is 6.38. The quantitative estimate of drug-likeness (QED) is 0.458. The highest BCUT2D eigenvalue weighted by Crippen LogP contribution is 2.34. The van der Waals surface area contributed by atoms with Crippen LogP contribution < -0.4 is 4.74 Å². The van der Waals surface area contributed by atoms with Crippen LogP contribution in [0.15, 0.2) is 42.6 Å². The highest BCUT2D eigenvalue weighted by molar-refractivity contribution is 6.02. The van der Waals surface area contributed by atoms with E-state index < -0.39 is 17.7 Å². The van der Waals surface area contributed by atoms with Crippen molar-refractivity contribution in [2.45, 2.75) is 52.6 Å². The molecule has 3 aromatic rings. The fourth-order valence-corrected chi connectivity index (χ4v) is 4.20. The predicted octanol–water partition coefficient (Wildman–Crippen LogP) is 5.77. The lowest BCUT2D eigenvalue weighted by molar-refractivity contribution is 0.0454. The summed E-state index contributed by atoms with van der Waals surface area (Å²) in [5, 5.41) is 0.750. The average Bonchev–Trinajstić information content (AvgIpc) is 3.04. The summed E-state index contributed by atoms with van der Waals surface area (Å²) in [4.78, 5) is 30.1. The summed E-state index contributed by atoms with van der Waals surface area (Å²) >= 11 is 0. The van der Waals surface area contributed by atoms with E-state index in [0.717, 1.165) is 41.3 Å². The number of hydrogen-bond acceptors (Lipinski definition) is 6. The van der Waals surface area contributed by atoms with Crippen molar-refractivity contribution in [1.29, 1.82) is 0 Å². The molecule has 1 aliphatic carbocycles. The number of nitrogens with zero attached hydrogens (tertiary/aromatic N) is 2. The molecule has 1 aliphatic rings. The Balaban J connectivity index is 1.83. The Hall–Kier alpha value is -3.61. The van der Waals surface area contributed by atoms with Gasteiger partial charge in [-0.25, -0.2) is 19.1 Å². The van der Waals surface area contributed by atoms with Gasteiger partial charge >= 0.3 is 12.1 Å². The summed E-state index contributed by atoms with van der Waals surface area (Å²) in [6.45, 7) is 7.31. The van der Waals surface area contributed by atoms with Crippen molar-refractivity contribution in [3.63, 3.8) is 0 Å². The summed E-state index contributed by atoms with van der Waals surface area (Å²) in [6, 6.07) is 9.48. The molecule has 4 rings (SSSR count). The van der Waals surface area contributed by atoms with Gasteiger partial charge in [0.15, 0.2) is 0 Å². The topological polar surface area (TPSA) is 79.7 Å². The lowest BCUT2D eigenvalue weighted by Crippen LogP contribution is -2.29. The highest BCUT2D eigenvalue weighted by atomic mass is 16.6. The van der Waals surface area contributed by atoms with Crippen LogP contribution in [0, 0.1) is 0 Å². The van der Waals surface area contributed by atoms with Gasteiger partial charge in [0.1, 0.15) is 11.3 Å². The number of esters is 1. The van der Waals surface area contributed by atoms with Gasteiger partial charge < -0.3 is 14.2 Å². The normalized spacial score (nSPS) is 13.6. The zero-order valence-electron chi connectivity index (χ0n) is 20.3. The van der Waals surface area contributed by atoms with Gasteiger partial charge in [0.05, 0.1) is 19.2 Å². The van der Waals surface area contributed by atoms with Crippen LogP contribution in [0.5, 0.6) is 5.88 Å². The lowest BCUT2D eigenvalue weighted by atomic mass is 9.95. The Labute approximate surface area is 199 Å². The third kappa shape index (κ3) is 4.69. The van der Waals surface area contributed by atoms with Crippen LogP contribution in [0.4, 0.5) is 4.79 Å². The third-order valence-electron chi connectivity index (χ3n) is 5.64. The number of allylic oxidation sites excluding steroid dienone is 1. The molecule has 1 aromatic carbocycles. The smallest absolute Gasteiger partial charge is 0.419 e. The molecule has 7 heteroatoms. The molecule has 0 radical (unpaired) electrons. The van der Waals surface area contributed by atoms with Crippen molar-refractivity contribution in [3.05, 3.63) is 65.0 Å². The number of carbonyl (C=O) groups is 2. The maximum atomic E-state index is 13.0. The van der Waals surface area contributed by atoms with Gasteiger partial charge in [0, 0.05) is 23.2 Å². The third-order valence-corrected chi connectivity index (χ3v) is 5.64. The van der Waals surface area contributed by atoms with E-state index in [1.165, 1.54) is 10.1 Å². The molecule has 0 unspecified atom stereocenters. The number of fused-ring (bicyclic) bond motifs is 2. The highest BCUT2D eigenvalue weighted by Gasteiger charge is 2.26. The number of rotatable bonds is 4. The van der Waals surface area contributed by atoms with Crippen LogP contribution in [0.1, 0.15) is 67.7 Å². The van der Waals surface area contributed by atoms with Crippen molar-refractivity contribution in [1.82, 2.24) is 9.55 Å². The van der Waals surface area contributed by atoms with E-state index in [1.807, 2.05) is 30.5 Å². The number of pyridine rings is 1. The second kappa shape index (κ2) is 9.33. The number of ether oxygens (including phenoxy) is 3. The van der Waals surface area contributed by atoms with E-state index in [0.29, 0.717) is 11.4 Å². The van der Waals surface area contributed by atoms with Gasteiger partial charge in [-0.3, -0.25) is 0 Å². The van der Waals surface area contributed by atoms with E-state index in [4.69, 9.17) is 14.2 Å². The molecule has 0 aliphatic heterocycles. The number of carbonyl (C=O) groups excluding carboxylic acids is 2. The molecular weight excluding hydrogens is 432 g/mol. The Bertz CT molecular complexity index is 1280. The number of benzene rings is 1. The molecule has 0 amide bonds. The standard InChI is InChI=1S/C27H30N2O5/c1-6-33-25(30)23-14-19-13-18(11-12-22(19)29(23)26(31)34-27(2,3)4)20-10-8-7-9-17-15-24(32-5)28-16-21(17)20/h10-16H,6-9H2,1-5H3. The second-order valence-corrected chi connectivity index (χ2v) is 9.23. The molecule has 0 saturated carbocycles. The van der Waals surface area contributed by atoms with Crippen molar-refractivity contribution in [2.75, 3.05) is 13.7 Å². The first-order valence-electron chi connectivity index (χ1n) is 11.5. The second-order valence-electron chi connectivity index (χ2n) is 9.23. The molecule has 34 heavy (non-hydrogen) atoms.